The lowest BCUT2D eigenvalue weighted by Gasteiger charge is -2.04. The zero-order valence-corrected chi connectivity index (χ0v) is 11.3. The summed E-state index contributed by atoms with van der Waals surface area (Å²) in [5.41, 5.74) is 5.87. The summed E-state index contributed by atoms with van der Waals surface area (Å²) in [4.78, 5) is 10.6. The Balaban J connectivity index is 2.07. The maximum absolute atomic E-state index is 11.9. The molecule has 2 aromatic rings. The van der Waals surface area contributed by atoms with Gasteiger partial charge in [-0.1, -0.05) is 6.92 Å². The summed E-state index contributed by atoms with van der Waals surface area (Å²) >= 11 is 1.58. The van der Waals surface area contributed by atoms with E-state index >= 15 is 0 Å². The van der Waals surface area contributed by atoms with Crippen molar-refractivity contribution >= 4 is 27.4 Å². The standard InChI is InChI=1S/C12H15F2N3OS/c1-2-7-5-8-11(15)16-10(17-12(8)19-7)3-4-18-6-9(13)14/h5,9H,2-4,6H2,1H3,(H2,15,16,17). The van der Waals surface area contributed by atoms with Crippen LogP contribution in [-0.4, -0.2) is 29.6 Å². The van der Waals surface area contributed by atoms with Crippen molar-refractivity contribution in [1.82, 2.24) is 9.97 Å². The van der Waals surface area contributed by atoms with E-state index < -0.39 is 13.0 Å². The average Bonchev–Trinajstić information content (AvgIpc) is 2.78. The first-order chi connectivity index (χ1) is 9.10. The van der Waals surface area contributed by atoms with Crippen molar-refractivity contribution in [3.05, 3.63) is 16.8 Å². The summed E-state index contributed by atoms with van der Waals surface area (Å²) in [5, 5.41) is 0.860. The number of alkyl halides is 2. The Morgan fingerprint density at radius 3 is 2.89 bits per heavy atom. The van der Waals surface area contributed by atoms with E-state index in [-0.39, 0.29) is 6.61 Å². The predicted octanol–water partition coefficient (Wildman–Crippen LogP) is 2.66. The SMILES string of the molecule is CCc1cc2c(N)nc(CCOCC(F)F)nc2s1. The largest absolute Gasteiger partial charge is 0.383 e. The third kappa shape index (κ3) is 3.57. The van der Waals surface area contributed by atoms with E-state index in [1.807, 2.05) is 6.07 Å². The smallest absolute Gasteiger partial charge is 0.261 e. The van der Waals surface area contributed by atoms with E-state index in [9.17, 15) is 8.78 Å². The van der Waals surface area contributed by atoms with Crippen LogP contribution in [0.2, 0.25) is 0 Å². The second-order valence-corrected chi connectivity index (χ2v) is 5.14. The van der Waals surface area contributed by atoms with Gasteiger partial charge in [-0.25, -0.2) is 18.7 Å². The molecule has 2 heterocycles. The topological polar surface area (TPSA) is 61.0 Å². The van der Waals surface area contributed by atoms with Gasteiger partial charge in [-0.2, -0.15) is 0 Å². The molecule has 4 nitrogen and oxygen atoms in total. The molecule has 2 rings (SSSR count). The van der Waals surface area contributed by atoms with Gasteiger partial charge in [0, 0.05) is 11.3 Å². The molecule has 0 amide bonds. The summed E-state index contributed by atoms with van der Waals surface area (Å²) in [6.45, 7) is 1.67. The molecule has 0 saturated heterocycles. The van der Waals surface area contributed by atoms with Gasteiger partial charge in [0.1, 0.15) is 23.1 Å². The van der Waals surface area contributed by atoms with Crippen molar-refractivity contribution in [3.8, 4) is 0 Å². The molecule has 0 bridgehead atoms. The van der Waals surface area contributed by atoms with Gasteiger partial charge in [0.2, 0.25) is 0 Å². The monoisotopic (exact) mass is 287 g/mol. The van der Waals surface area contributed by atoms with Crippen molar-refractivity contribution < 1.29 is 13.5 Å². The summed E-state index contributed by atoms with van der Waals surface area (Å²) in [6, 6.07) is 1.99. The number of anilines is 1. The molecule has 0 aliphatic rings. The van der Waals surface area contributed by atoms with Crippen molar-refractivity contribution in [3.63, 3.8) is 0 Å². The highest BCUT2D eigenvalue weighted by Crippen LogP contribution is 2.27. The van der Waals surface area contributed by atoms with Crippen molar-refractivity contribution in [1.29, 1.82) is 0 Å². The van der Waals surface area contributed by atoms with E-state index in [2.05, 4.69) is 16.9 Å². The molecule has 2 aromatic heterocycles. The van der Waals surface area contributed by atoms with Crippen molar-refractivity contribution in [2.45, 2.75) is 26.2 Å². The maximum atomic E-state index is 11.9. The molecule has 2 N–H and O–H groups in total. The Kier molecular flexibility index (Phi) is 4.60. The van der Waals surface area contributed by atoms with Gasteiger partial charge in [-0.15, -0.1) is 11.3 Å². The Bertz CT molecular complexity index is 559. The van der Waals surface area contributed by atoms with Crippen LogP contribution in [0.1, 0.15) is 17.6 Å². The number of fused-ring (bicyclic) bond motifs is 1. The highest BCUT2D eigenvalue weighted by atomic mass is 32.1. The fraction of sp³-hybridized carbons (Fsp3) is 0.500. The molecule has 0 saturated carbocycles. The van der Waals surface area contributed by atoms with E-state index in [1.165, 1.54) is 4.88 Å². The first-order valence-electron chi connectivity index (χ1n) is 6.00. The highest BCUT2D eigenvalue weighted by molar-refractivity contribution is 7.18. The van der Waals surface area contributed by atoms with Crippen LogP contribution in [0.5, 0.6) is 0 Å². The number of nitrogen functional groups attached to an aromatic ring is 1. The molecule has 7 heteroatoms. The summed E-state index contributed by atoms with van der Waals surface area (Å²) in [7, 11) is 0. The third-order valence-electron chi connectivity index (χ3n) is 2.58. The van der Waals surface area contributed by atoms with Crippen LogP contribution in [0.3, 0.4) is 0 Å². The minimum atomic E-state index is -2.45. The lowest BCUT2D eigenvalue weighted by Crippen LogP contribution is -2.09. The van der Waals surface area contributed by atoms with E-state index in [0.717, 1.165) is 16.6 Å². The zero-order valence-electron chi connectivity index (χ0n) is 10.5. The van der Waals surface area contributed by atoms with Crippen molar-refractivity contribution in [2.75, 3.05) is 18.9 Å². The van der Waals surface area contributed by atoms with Gasteiger partial charge < -0.3 is 10.5 Å². The molecule has 0 unspecified atom stereocenters. The third-order valence-corrected chi connectivity index (χ3v) is 3.76. The van der Waals surface area contributed by atoms with Crippen LogP contribution in [0.4, 0.5) is 14.6 Å². The normalized spacial score (nSPS) is 11.6. The van der Waals surface area contributed by atoms with Gasteiger partial charge in [0.25, 0.3) is 6.43 Å². The fourth-order valence-electron chi connectivity index (χ4n) is 1.66. The fourth-order valence-corrected chi connectivity index (χ4v) is 2.66. The van der Waals surface area contributed by atoms with E-state index in [1.54, 1.807) is 11.3 Å². The molecular weight excluding hydrogens is 272 g/mol. The summed E-state index contributed by atoms with van der Waals surface area (Å²) in [6.07, 6.45) is -1.14. The van der Waals surface area contributed by atoms with Gasteiger partial charge in [0.15, 0.2) is 0 Å². The average molecular weight is 287 g/mol. The molecule has 0 atom stereocenters. The van der Waals surface area contributed by atoms with Gasteiger partial charge >= 0.3 is 0 Å². The number of ether oxygens (including phenoxy) is 1. The van der Waals surface area contributed by atoms with Crippen LogP contribution in [0, 0.1) is 0 Å². The zero-order chi connectivity index (χ0) is 13.8. The lowest BCUT2D eigenvalue weighted by atomic mass is 10.3. The van der Waals surface area contributed by atoms with Crippen LogP contribution < -0.4 is 5.73 Å². The second kappa shape index (κ2) is 6.21. The van der Waals surface area contributed by atoms with Crippen LogP contribution in [0.25, 0.3) is 10.2 Å². The molecular formula is C12H15F2N3OS. The Morgan fingerprint density at radius 1 is 1.42 bits per heavy atom. The molecule has 104 valence electrons. The Labute approximate surface area is 113 Å². The molecule has 0 aliphatic carbocycles. The minimum absolute atomic E-state index is 0.168. The minimum Gasteiger partial charge on any atom is -0.383 e. The number of rotatable bonds is 6. The number of hydrogen-bond donors (Lipinski definition) is 1. The van der Waals surface area contributed by atoms with E-state index in [4.69, 9.17) is 10.5 Å². The van der Waals surface area contributed by atoms with Crippen LogP contribution in [-0.2, 0) is 17.6 Å². The number of thiophene rings is 1. The first-order valence-corrected chi connectivity index (χ1v) is 6.82. The quantitative estimate of drug-likeness (QED) is 0.830. The number of aromatic nitrogens is 2. The maximum Gasteiger partial charge on any atom is 0.261 e. The number of nitrogens with two attached hydrogens (primary N) is 1. The van der Waals surface area contributed by atoms with Gasteiger partial charge in [-0.3, -0.25) is 0 Å². The van der Waals surface area contributed by atoms with E-state index in [0.29, 0.717) is 18.1 Å². The number of halogens is 2. The first kappa shape index (κ1) is 14.1. The molecule has 0 aromatic carbocycles. The number of aryl methyl sites for hydroxylation is 1. The number of hydrogen-bond acceptors (Lipinski definition) is 5. The molecule has 0 aliphatic heterocycles. The second-order valence-electron chi connectivity index (χ2n) is 4.03. The summed E-state index contributed by atoms with van der Waals surface area (Å²) < 4.78 is 28.6. The van der Waals surface area contributed by atoms with Crippen molar-refractivity contribution in [2.24, 2.45) is 0 Å². The number of nitrogens with zero attached hydrogens (tertiary/aromatic N) is 2. The van der Waals surface area contributed by atoms with Crippen LogP contribution in [0.15, 0.2) is 6.07 Å². The molecule has 0 radical (unpaired) electrons. The molecule has 19 heavy (non-hydrogen) atoms. The molecule has 0 spiro atoms. The van der Waals surface area contributed by atoms with Gasteiger partial charge in [0.05, 0.1) is 12.0 Å². The predicted molar refractivity (Wildman–Crippen MR) is 71.7 cm³/mol. The molecule has 0 fully saturated rings. The van der Waals surface area contributed by atoms with Gasteiger partial charge in [-0.05, 0) is 12.5 Å². The Morgan fingerprint density at radius 2 is 2.21 bits per heavy atom. The summed E-state index contributed by atoms with van der Waals surface area (Å²) in [5.74, 6) is 0.966. The lowest BCUT2D eigenvalue weighted by molar-refractivity contribution is 0.0183. The highest BCUT2D eigenvalue weighted by Gasteiger charge is 2.09. The Hall–Kier alpha value is -1.34. The van der Waals surface area contributed by atoms with Crippen LogP contribution >= 0.6 is 11.3 Å².